The Kier molecular flexibility index (Phi) is 15.7. The van der Waals surface area contributed by atoms with Crippen LogP contribution in [0.1, 0.15) is 0 Å². The van der Waals surface area contributed by atoms with Gasteiger partial charge >= 0.3 is 0 Å². The fourth-order valence-electron chi connectivity index (χ4n) is 1.19. The molecule has 9 heteroatoms. The van der Waals surface area contributed by atoms with Crippen molar-refractivity contribution in [3.05, 3.63) is 0 Å². The number of aliphatic hydroxyl groups excluding tert-OH is 4. The molecule has 0 heterocycles. The Morgan fingerprint density at radius 3 is 1.38 bits per heavy atom. The summed E-state index contributed by atoms with van der Waals surface area (Å²) >= 11 is 0. The number of hydrogen-bond acceptors (Lipinski definition) is 9. The number of aliphatic hydroxyl groups is 4. The molecule has 2 unspecified atom stereocenters. The summed E-state index contributed by atoms with van der Waals surface area (Å²) in [6, 6.07) is 0. The van der Waals surface area contributed by atoms with Crippen LogP contribution in [0.25, 0.3) is 0 Å². The first kappa shape index (κ1) is 20.6. The van der Waals surface area contributed by atoms with Crippen LogP contribution in [0.5, 0.6) is 0 Å². The molecule has 21 heavy (non-hydrogen) atoms. The van der Waals surface area contributed by atoms with Gasteiger partial charge in [0.15, 0.2) is 12.6 Å². The monoisotopic (exact) mass is 314 g/mol. The SMILES string of the molecule is OCCOCCOC(O)COCC(O)OCCOCCO. The Balaban J connectivity index is 3.30. The number of rotatable bonds is 16. The Hall–Kier alpha value is -0.360. The van der Waals surface area contributed by atoms with Gasteiger partial charge in [0.1, 0.15) is 0 Å². The number of hydrogen-bond donors (Lipinski definition) is 4. The Morgan fingerprint density at radius 1 is 0.571 bits per heavy atom. The second kappa shape index (κ2) is 16.0. The van der Waals surface area contributed by atoms with Gasteiger partial charge < -0.3 is 44.1 Å². The predicted molar refractivity (Wildman–Crippen MR) is 70.5 cm³/mol. The van der Waals surface area contributed by atoms with Crippen molar-refractivity contribution < 1.29 is 44.1 Å². The Bertz CT molecular complexity index is 185. The summed E-state index contributed by atoms with van der Waals surface area (Å²) in [6.07, 6.45) is -2.24. The fourth-order valence-corrected chi connectivity index (χ4v) is 1.19. The minimum Gasteiger partial charge on any atom is -0.394 e. The van der Waals surface area contributed by atoms with Gasteiger partial charge in [0, 0.05) is 0 Å². The molecule has 0 aliphatic rings. The lowest BCUT2D eigenvalue weighted by Crippen LogP contribution is -2.26. The van der Waals surface area contributed by atoms with Crippen LogP contribution in [0.4, 0.5) is 0 Å². The quantitative estimate of drug-likeness (QED) is 0.183. The molecular weight excluding hydrogens is 288 g/mol. The summed E-state index contributed by atoms with van der Waals surface area (Å²) in [7, 11) is 0. The van der Waals surface area contributed by atoms with Gasteiger partial charge in [0.05, 0.1) is 66.1 Å². The van der Waals surface area contributed by atoms with Gasteiger partial charge in [-0.05, 0) is 0 Å². The molecule has 0 spiro atoms. The molecule has 0 fully saturated rings. The van der Waals surface area contributed by atoms with Crippen LogP contribution in [0, 0.1) is 0 Å². The van der Waals surface area contributed by atoms with Gasteiger partial charge in [0.25, 0.3) is 0 Å². The molecule has 0 rings (SSSR count). The normalized spacial score (nSPS) is 14.3. The van der Waals surface area contributed by atoms with Crippen molar-refractivity contribution in [2.45, 2.75) is 12.6 Å². The second-order valence-electron chi connectivity index (χ2n) is 3.86. The van der Waals surface area contributed by atoms with E-state index in [1.54, 1.807) is 0 Å². The molecule has 4 N–H and O–H groups in total. The maximum absolute atomic E-state index is 9.37. The molecule has 0 aromatic heterocycles. The van der Waals surface area contributed by atoms with E-state index in [-0.39, 0.29) is 66.1 Å². The summed E-state index contributed by atoms with van der Waals surface area (Å²) in [4.78, 5) is 0. The van der Waals surface area contributed by atoms with E-state index < -0.39 is 12.6 Å². The average molecular weight is 314 g/mol. The molecule has 0 aliphatic heterocycles. The van der Waals surface area contributed by atoms with Gasteiger partial charge in [-0.3, -0.25) is 0 Å². The van der Waals surface area contributed by atoms with Crippen LogP contribution in [0.2, 0.25) is 0 Å². The van der Waals surface area contributed by atoms with Crippen molar-refractivity contribution in [3.63, 3.8) is 0 Å². The van der Waals surface area contributed by atoms with Crippen LogP contribution >= 0.6 is 0 Å². The molecule has 0 amide bonds. The maximum Gasteiger partial charge on any atom is 0.178 e. The van der Waals surface area contributed by atoms with Crippen molar-refractivity contribution in [1.82, 2.24) is 0 Å². The molecule has 9 nitrogen and oxygen atoms in total. The highest BCUT2D eigenvalue weighted by molar-refractivity contribution is 4.43. The lowest BCUT2D eigenvalue weighted by atomic mass is 10.6. The maximum atomic E-state index is 9.37. The molecule has 128 valence electrons. The van der Waals surface area contributed by atoms with Gasteiger partial charge in [-0.1, -0.05) is 0 Å². The third-order valence-electron chi connectivity index (χ3n) is 2.07. The Labute approximate surface area is 123 Å². The predicted octanol–water partition coefficient (Wildman–Crippen LogP) is -2.31. The molecule has 0 saturated carbocycles. The van der Waals surface area contributed by atoms with Crippen LogP contribution in [-0.2, 0) is 23.7 Å². The van der Waals surface area contributed by atoms with Gasteiger partial charge in [-0.25, -0.2) is 0 Å². The first-order valence-corrected chi connectivity index (χ1v) is 6.75. The van der Waals surface area contributed by atoms with E-state index in [1.807, 2.05) is 0 Å². The van der Waals surface area contributed by atoms with Gasteiger partial charge in [-0.2, -0.15) is 0 Å². The lowest BCUT2D eigenvalue weighted by molar-refractivity contribution is -0.181. The summed E-state index contributed by atoms with van der Waals surface area (Å²) in [5, 5.41) is 35.7. The topological polar surface area (TPSA) is 127 Å². The molecule has 2 atom stereocenters. The van der Waals surface area contributed by atoms with Crippen LogP contribution in [0.15, 0.2) is 0 Å². The van der Waals surface area contributed by atoms with Crippen LogP contribution in [-0.4, -0.2) is 99.1 Å². The summed E-state index contributed by atoms with van der Waals surface area (Å²) in [5.74, 6) is 0. The zero-order valence-electron chi connectivity index (χ0n) is 12.1. The van der Waals surface area contributed by atoms with E-state index in [9.17, 15) is 10.2 Å². The fraction of sp³-hybridized carbons (Fsp3) is 1.00. The summed E-state index contributed by atoms with van der Waals surface area (Å²) in [5.41, 5.74) is 0. The third kappa shape index (κ3) is 15.8. The lowest BCUT2D eigenvalue weighted by Gasteiger charge is -2.15. The van der Waals surface area contributed by atoms with Gasteiger partial charge in [0.2, 0.25) is 0 Å². The first-order chi connectivity index (χ1) is 10.2. The highest BCUT2D eigenvalue weighted by Crippen LogP contribution is 1.93. The zero-order chi connectivity index (χ0) is 15.8. The second-order valence-corrected chi connectivity index (χ2v) is 3.86. The zero-order valence-corrected chi connectivity index (χ0v) is 12.1. The third-order valence-corrected chi connectivity index (χ3v) is 2.07. The van der Waals surface area contributed by atoms with Crippen molar-refractivity contribution in [2.24, 2.45) is 0 Å². The van der Waals surface area contributed by atoms with E-state index in [0.717, 1.165) is 0 Å². The standard InChI is InChI=1S/C12H26O9/c13-1-3-17-5-7-20-11(15)9-19-10-12(16)21-8-6-18-4-2-14/h11-16H,1-10H2. The minimum absolute atomic E-state index is 0.0609. The largest absolute Gasteiger partial charge is 0.394 e. The van der Waals surface area contributed by atoms with E-state index in [4.69, 9.17) is 33.9 Å². The molecule has 0 aromatic carbocycles. The molecule has 0 aromatic rings. The van der Waals surface area contributed by atoms with Crippen LogP contribution in [0.3, 0.4) is 0 Å². The molecule has 0 aliphatic carbocycles. The van der Waals surface area contributed by atoms with Crippen molar-refractivity contribution in [3.8, 4) is 0 Å². The first-order valence-electron chi connectivity index (χ1n) is 6.75. The van der Waals surface area contributed by atoms with Crippen molar-refractivity contribution in [2.75, 3.05) is 66.1 Å². The smallest absolute Gasteiger partial charge is 0.178 e. The Morgan fingerprint density at radius 2 is 1.00 bits per heavy atom. The average Bonchev–Trinajstić information content (AvgIpc) is 2.47. The summed E-state index contributed by atoms with van der Waals surface area (Å²) in [6.45, 7) is 0.973. The van der Waals surface area contributed by atoms with Crippen molar-refractivity contribution in [1.29, 1.82) is 0 Å². The van der Waals surface area contributed by atoms with Gasteiger partial charge in [-0.15, -0.1) is 0 Å². The highest BCUT2D eigenvalue weighted by Gasteiger charge is 2.08. The highest BCUT2D eigenvalue weighted by atomic mass is 16.7. The van der Waals surface area contributed by atoms with Crippen LogP contribution < -0.4 is 0 Å². The van der Waals surface area contributed by atoms with E-state index in [1.165, 1.54) is 0 Å². The molecule has 0 radical (unpaired) electrons. The molecule has 0 bridgehead atoms. The molecular formula is C12H26O9. The van der Waals surface area contributed by atoms with Crippen molar-refractivity contribution >= 4 is 0 Å². The molecule has 0 saturated heterocycles. The summed E-state index contributed by atoms with van der Waals surface area (Å²) < 4.78 is 24.8. The van der Waals surface area contributed by atoms with E-state index >= 15 is 0 Å². The van der Waals surface area contributed by atoms with E-state index in [2.05, 4.69) is 0 Å². The van der Waals surface area contributed by atoms with E-state index in [0.29, 0.717) is 0 Å². The number of ether oxygens (including phenoxy) is 5. The minimum atomic E-state index is -1.12.